The largest absolute Gasteiger partial charge is 0.454 e. The number of esters is 1. The van der Waals surface area contributed by atoms with Gasteiger partial charge in [-0.1, -0.05) is 41.9 Å². The van der Waals surface area contributed by atoms with Crippen LogP contribution in [0.1, 0.15) is 17.3 Å². The molecule has 0 radical (unpaired) electrons. The van der Waals surface area contributed by atoms with E-state index in [9.17, 15) is 9.59 Å². The molecule has 0 amide bonds. The summed E-state index contributed by atoms with van der Waals surface area (Å²) >= 11 is 5.96. The molecule has 7 nitrogen and oxygen atoms in total. The summed E-state index contributed by atoms with van der Waals surface area (Å²) in [4.78, 5) is 24.8. The minimum atomic E-state index is -0.748. The fourth-order valence-corrected chi connectivity index (χ4v) is 2.83. The van der Waals surface area contributed by atoms with Crippen LogP contribution in [0.25, 0.3) is 16.9 Å². The summed E-state index contributed by atoms with van der Waals surface area (Å²) in [5.74, 6) is -1.42. The maximum absolute atomic E-state index is 12.8. The van der Waals surface area contributed by atoms with Crippen LogP contribution in [0.2, 0.25) is 5.02 Å². The first-order chi connectivity index (χ1) is 14.4. The molecular formula is C22H17ClN4O3. The zero-order valence-corrected chi connectivity index (χ0v) is 16.8. The molecule has 3 rings (SSSR count). The van der Waals surface area contributed by atoms with Gasteiger partial charge in [0, 0.05) is 22.5 Å². The first-order valence-corrected chi connectivity index (χ1v) is 9.26. The number of allylic oxidation sites excluding steroid dienone is 1. The Kier molecular flexibility index (Phi) is 6.30. The molecule has 0 unspecified atom stereocenters. The van der Waals surface area contributed by atoms with Gasteiger partial charge < -0.3 is 10.5 Å². The predicted octanol–water partition coefficient (Wildman–Crippen LogP) is 3.67. The Morgan fingerprint density at radius 1 is 1.17 bits per heavy atom. The van der Waals surface area contributed by atoms with Gasteiger partial charge in [0.2, 0.25) is 5.78 Å². The number of halogens is 1. The van der Waals surface area contributed by atoms with Gasteiger partial charge >= 0.3 is 5.97 Å². The van der Waals surface area contributed by atoms with Gasteiger partial charge in [0.05, 0.1) is 5.69 Å². The van der Waals surface area contributed by atoms with Crippen molar-refractivity contribution in [1.82, 2.24) is 9.78 Å². The van der Waals surface area contributed by atoms with E-state index in [0.29, 0.717) is 16.3 Å². The Morgan fingerprint density at radius 3 is 2.43 bits per heavy atom. The highest BCUT2D eigenvalue weighted by molar-refractivity contribution is 6.30. The molecule has 0 saturated heterocycles. The van der Waals surface area contributed by atoms with Crippen molar-refractivity contribution in [3.05, 3.63) is 82.7 Å². The smallest absolute Gasteiger partial charge is 0.342 e. The number of benzene rings is 2. The molecule has 1 heterocycles. The molecule has 0 fully saturated rings. The van der Waals surface area contributed by atoms with Crippen molar-refractivity contribution in [3.8, 4) is 23.0 Å². The van der Waals surface area contributed by atoms with Gasteiger partial charge in [0.15, 0.2) is 6.61 Å². The lowest BCUT2D eigenvalue weighted by molar-refractivity contribution is -0.118. The summed E-state index contributed by atoms with van der Waals surface area (Å²) in [5, 5.41) is 14.1. The number of hydrogen-bond acceptors (Lipinski definition) is 6. The fourth-order valence-electron chi connectivity index (χ4n) is 2.71. The zero-order chi connectivity index (χ0) is 21.7. The highest BCUT2D eigenvalue weighted by atomic mass is 35.5. The predicted molar refractivity (Wildman–Crippen MR) is 112 cm³/mol. The van der Waals surface area contributed by atoms with Crippen molar-refractivity contribution in [2.45, 2.75) is 6.92 Å². The topological polar surface area (TPSA) is 111 Å². The van der Waals surface area contributed by atoms with Crippen LogP contribution in [-0.2, 0) is 9.53 Å². The standard InChI is InChI=1S/C22H17ClN4O3/c1-14(25)18(11-24)20(28)13-30-22(29)19-12-27(17-5-3-2-4-6-17)26-21(19)15-7-9-16(23)10-8-15/h2-10,12H,13,25H2,1H3. The summed E-state index contributed by atoms with van der Waals surface area (Å²) in [7, 11) is 0. The molecule has 30 heavy (non-hydrogen) atoms. The molecule has 0 spiro atoms. The van der Waals surface area contributed by atoms with E-state index < -0.39 is 18.4 Å². The molecule has 3 aromatic rings. The monoisotopic (exact) mass is 420 g/mol. The molecule has 0 atom stereocenters. The number of nitrogens with two attached hydrogens (primary N) is 1. The van der Waals surface area contributed by atoms with Gasteiger partial charge in [0.1, 0.15) is 22.9 Å². The number of para-hydroxylation sites is 1. The molecule has 0 aliphatic carbocycles. The lowest BCUT2D eigenvalue weighted by atomic mass is 10.1. The second kappa shape index (κ2) is 9.07. The van der Waals surface area contributed by atoms with Crippen molar-refractivity contribution in [2.24, 2.45) is 5.73 Å². The third-order valence-corrected chi connectivity index (χ3v) is 4.44. The molecule has 0 bridgehead atoms. The first-order valence-electron chi connectivity index (χ1n) is 8.88. The Hall–Kier alpha value is -3.89. The van der Waals surface area contributed by atoms with E-state index in [1.807, 2.05) is 30.3 Å². The number of ether oxygens (including phenoxy) is 1. The number of carbonyl (C=O) groups excluding carboxylic acids is 2. The average Bonchev–Trinajstić information content (AvgIpc) is 3.19. The van der Waals surface area contributed by atoms with E-state index >= 15 is 0 Å². The van der Waals surface area contributed by atoms with Gasteiger partial charge in [-0.05, 0) is 31.2 Å². The molecule has 1 aromatic heterocycles. The zero-order valence-electron chi connectivity index (χ0n) is 16.0. The normalized spacial score (nSPS) is 11.4. The molecule has 2 aromatic carbocycles. The molecule has 0 aliphatic rings. The number of aromatic nitrogens is 2. The van der Waals surface area contributed by atoms with Crippen molar-refractivity contribution in [1.29, 1.82) is 5.26 Å². The molecule has 0 saturated carbocycles. The summed E-state index contributed by atoms with van der Waals surface area (Å²) in [6, 6.07) is 17.8. The van der Waals surface area contributed by atoms with E-state index in [4.69, 9.17) is 27.3 Å². The number of Topliss-reactive ketones (excluding diaryl/α,β-unsaturated/α-hetero) is 1. The lowest BCUT2D eigenvalue weighted by Gasteiger charge is -2.05. The summed E-state index contributed by atoms with van der Waals surface area (Å²) in [6.45, 7) is 0.827. The van der Waals surface area contributed by atoms with Crippen molar-refractivity contribution in [2.75, 3.05) is 6.61 Å². The maximum atomic E-state index is 12.8. The van der Waals surface area contributed by atoms with Crippen LogP contribution in [0, 0.1) is 11.3 Å². The molecular weight excluding hydrogens is 404 g/mol. The number of carbonyl (C=O) groups is 2. The van der Waals surface area contributed by atoms with E-state index in [1.165, 1.54) is 13.1 Å². The average molecular weight is 421 g/mol. The molecule has 2 N–H and O–H groups in total. The third-order valence-electron chi connectivity index (χ3n) is 4.19. The third kappa shape index (κ3) is 4.57. The maximum Gasteiger partial charge on any atom is 0.342 e. The Morgan fingerprint density at radius 2 is 1.83 bits per heavy atom. The van der Waals surface area contributed by atoms with Crippen LogP contribution < -0.4 is 5.73 Å². The highest BCUT2D eigenvalue weighted by Crippen LogP contribution is 2.26. The minimum Gasteiger partial charge on any atom is -0.454 e. The van der Waals surface area contributed by atoms with Crippen molar-refractivity contribution >= 4 is 23.4 Å². The second-order valence-corrected chi connectivity index (χ2v) is 6.78. The number of rotatable bonds is 6. The first kappa shape index (κ1) is 20.8. The van der Waals surface area contributed by atoms with Gasteiger partial charge in [0.25, 0.3) is 0 Å². The molecule has 150 valence electrons. The Balaban J connectivity index is 1.94. The van der Waals surface area contributed by atoms with E-state index in [1.54, 1.807) is 35.0 Å². The van der Waals surface area contributed by atoms with Gasteiger partial charge in [-0.2, -0.15) is 10.4 Å². The summed E-state index contributed by atoms with van der Waals surface area (Å²) in [5.41, 5.74) is 7.29. The second-order valence-electron chi connectivity index (χ2n) is 6.35. The molecule has 8 heteroatoms. The van der Waals surface area contributed by atoms with Crippen LogP contribution >= 0.6 is 11.6 Å². The van der Waals surface area contributed by atoms with E-state index in [2.05, 4.69) is 5.10 Å². The van der Waals surface area contributed by atoms with Crippen molar-refractivity contribution in [3.63, 3.8) is 0 Å². The van der Waals surface area contributed by atoms with Crippen molar-refractivity contribution < 1.29 is 14.3 Å². The number of nitriles is 1. The van der Waals surface area contributed by atoms with Gasteiger partial charge in [-0.25, -0.2) is 9.48 Å². The Labute approximate surface area is 177 Å². The van der Waals surface area contributed by atoms with Gasteiger partial charge in [-0.3, -0.25) is 4.79 Å². The van der Waals surface area contributed by atoms with Gasteiger partial charge in [-0.15, -0.1) is 0 Å². The fraction of sp³-hybridized carbons (Fsp3) is 0.0909. The SMILES string of the molecule is CC(N)=C(C#N)C(=O)COC(=O)c1cn(-c2ccccc2)nc1-c1ccc(Cl)cc1. The van der Waals surface area contributed by atoms with E-state index in [0.717, 1.165) is 5.69 Å². The van der Waals surface area contributed by atoms with Crippen LogP contribution in [0.15, 0.2) is 72.1 Å². The van der Waals surface area contributed by atoms with Crippen LogP contribution in [0.4, 0.5) is 0 Å². The van der Waals surface area contributed by atoms with Crippen LogP contribution in [0.5, 0.6) is 0 Å². The lowest BCUT2D eigenvalue weighted by Crippen LogP contribution is -2.17. The summed E-state index contributed by atoms with van der Waals surface area (Å²) in [6.07, 6.45) is 1.53. The van der Waals surface area contributed by atoms with Crippen LogP contribution in [0.3, 0.4) is 0 Å². The van der Waals surface area contributed by atoms with Crippen LogP contribution in [-0.4, -0.2) is 28.1 Å². The highest BCUT2D eigenvalue weighted by Gasteiger charge is 2.22. The Bertz CT molecular complexity index is 1160. The number of ketones is 1. The number of hydrogen-bond donors (Lipinski definition) is 1. The molecule has 0 aliphatic heterocycles. The summed E-state index contributed by atoms with van der Waals surface area (Å²) < 4.78 is 6.70. The quantitative estimate of drug-likeness (QED) is 0.370. The minimum absolute atomic E-state index is 0.0669. The van der Waals surface area contributed by atoms with E-state index in [-0.39, 0.29) is 16.8 Å². The number of nitrogens with zero attached hydrogens (tertiary/aromatic N) is 3.